The van der Waals surface area contributed by atoms with Crippen molar-refractivity contribution in [1.29, 1.82) is 0 Å². The summed E-state index contributed by atoms with van der Waals surface area (Å²) in [5.74, 6) is 0. The van der Waals surface area contributed by atoms with E-state index in [-0.39, 0.29) is 0 Å². The van der Waals surface area contributed by atoms with Gasteiger partial charge in [0, 0.05) is 40.8 Å². The van der Waals surface area contributed by atoms with Gasteiger partial charge in [0.05, 0.1) is 5.52 Å². The lowest BCUT2D eigenvalue weighted by Gasteiger charge is -2.10. The van der Waals surface area contributed by atoms with E-state index in [1.54, 1.807) is 0 Å². The van der Waals surface area contributed by atoms with Crippen molar-refractivity contribution in [3.8, 4) is 22.3 Å². The molecule has 0 aliphatic rings. The molecule has 27 heavy (non-hydrogen) atoms. The van der Waals surface area contributed by atoms with Gasteiger partial charge in [-0.2, -0.15) is 0 Å². The minimum Gasteiger partial charge on any atom is -0.350 e. The van der Waals surface area contributed by atoms with Crippen LogP contribution in [-0.2, 0) is 7.05 Å². The molecule has 0 radical (unpaired) electrons. The number of para-hydroxylation sites is 2. The molecule has 0 aliphatic carbocycles. The monoisotopic (exact) mass is 348 g/mol. The van der Waals surface area contributed by atoms with E-state index in [9.17, 15) is 0 Å². The molecule has 0 N–H and O–H groups in total. The standard InChI is InChI=1S/C25H20N2/c1-17-14-22(20-10-3-5-12-24(20)26-17)18-8-7-9-19(15-18)23-16-27(2)25-13-6-4-11-21(23)25/h3-16H,1-2H3. The Morgan fingerprint density at radius 1 is 0.704 bits per heavy atom. The van der Waals surface area contributed by atoms with Crippen LogP contribution in [0.25, 0.3) is 44.1 Å². The van der Waals surface area contributed by atoms with Gasteiger partial charge in [0.2, 0.25) is 0 Å². The highest BCUT2D eigenvalue weighted by Gasteiger charge is 2.11. The minimum absolute atomic E-state index is 1.04. The van der Waals surface area contributed by atoms with Crippen LogP contribution in [0.4, 0.5) is 0 Å². The zero-order valence-electron chi connectivity index (χ0n) is 15.5. The topological polar surface area (TPSA) is 17.8 Å². The molecule has 0 atom stereocenters. The molecule has 0 aliphatic heterocycles. The normalized spacial score (nSPS) is 11.3. The Kier molecular flexibility index (Phi) is 3.58. The Morgan fingerprint density at radius 3 is 2.26 bits per heavy atom. The molecular weight excluding hydrogens is 328 g/mol. The van der Waals surface area contributed by atoms with Crippen LogP contribution in [0.1, 0.15) is 5.69 Å². The van der Waals surface area contributed by atoms with Crippen LogP contribution in [0.15, 0.2) is 85.1 Å². The molecule has 0 saturated heterocycles. The SMILES string of the molecule is Cc1cc(-c2cccc(-c3cn(C)c4ccccc34)c2)c2ccccc2n1. The Balaban J connectivity index is 1.74. The molecule has 0 unspecified atom stereocenters. The summed E-state index contributed by atoms with van der Waals surface area (Å²) in [5, 5.41) is 2.48. The number of pyridine rings is 1. The van der Waals surface area contributed by atoms with Gasteiger partial charge in [0.25, 0.3) is 0 Å². The molecule has 5 aromatic rings. The van der Waals surface area contributed by atoms with Gasteiger partial charge in [-0.1, -0.05) is 54.6 Å². The fourth-order valence-electron chi connectivity index (χ4n) is 3.97. The average molecular weight is 348 g/mol. The van der Waals surface area contributed by atoms with Gasteiger partial charge in [-0.15, -0.1) is 0 Å². The number of aryl methyl sites for hydroxylation is 2. The second-order valence-electron chi connectivity index (χ2n) is 7.08. The Morgan fingerprint density at radius 2 is 1.41 bits per heavy atom. The van der Waals surface area contributed by atoms with E-state index < -0.39 is 0 Å². The van der Waals surface area contributed by atoms with Crippen molar-refractivity contribution in [2.24, 2.45) is 7.05 Å². The zero-order valence-corrected chi connectivity index (χ0v) is 15.5. The van der Waals surface area contributed by atoms with E-state index in [1.807, 2.05) is 6.07 Å². The van der Waals surface area contributed by atoms with Crippen molar-refractivity contribution in [3.05, 3.63) is 90.8 Å². The molecule has 3 aromatic carbocycles. The van der Waals surface area contributed by atoms with E-state index in [1.165, 1.54) is 38.5 Å². The first kappa shape index (κ1) is 15.8. The van der Waals surface area contributed by atoms with E-state index >= 15 is 0 Å². The molecule has 2 heteroatoms. The predicted molar refractivity (Wildman–Crippen MR) is 114 cm³/mol. The van der Waals surface area contributed by atoms with Crippen molar-refractivity contribution in [1.82, 2.24) is 9.55 Å². The smallest absolute Gasteiger partial charge is 0.0711 e. The molecule has 0 bridgehead atoms. The lowest BCUT2D eigenvalue weighted by molar-refractivity contribution is 0.970. The number of aromatic nitrogens is 2. The van der Waals surface area contributed by atoms with Crippen molar-refractivity contribution >= 4 is 21.8 Å². The van der Waals surface area contributed by atoms with E-state index in [4.69, 9.17) is 0 Å². The number of hydrogen-bond donors (Lipinski definition) is 0. The van der Waals surface area contributed by atoms with Crippen LogP contribution < -0.4 is 0 Å². The third-order valence-electron chi connectivity index (χ3n) is 5.23. The Hall–Kier alpha value is -3.39. The van der Waals surface area contributed by atoms with Crippen LogP contribution >= 0.6 is 0 Å². The summed E-state index contributed by atoms with van der Waals surface area (Å²) in [6.45, 7) is 2.06. The Bertz CT molecular complexity index is 1290. The van der Waals surface area contributed by atoms with Crippen molar-refractivity contribution in [3.63, 3.8) is 0 Å². The van der Waals surface area contributed by atoms with Crippen molar-refractivity contribution < 1.29 is 0 Å². The maximum atomic E-state index is 4.68. The van der Waals surface area contributed by atoms with Crippen LogP contribution in [0.3, 0.4) is 0 Å². The number of nitrogens with zero attached hydrogens (tertiary/aromatic N) is 2. The maximum absolute atomic E-state index is 4.68. The van der Waals surface area contributed by atoms with Gasteiger partial charge in [0.15, 0.2) is 0 Å². The second-order valence-corrected chi connectivity index (χ2v) is 7.08. The van der Waals surface area contributed by atoms with Crippen molar-refractivity contribution in [2.75, 3.05) is 0 Å². The predicted octanol–water partition coefficient (Wildman–Crippen LogP) is 6.37. The summed E-state index contributed by atoms with van der Waals surface area (Å²) in [4.78, 5) is 4.68. The largest absolute Gasteiger partial charge is 0.350 e. The lowest BCUT2D eigenvalue weighted by atomic mass is 9.96. The van der Waals surface area contributed by atoms with Gasteiger partial charge >= 0.3 is 0 Å². The van der Waals surface area contributed by atoms with Gasteiger partial charge in [-0.25, -0.2) is 0 Å². The number of fused-ring (bicyclic) bond motifs is 2. The molecule has 2 aromatic heterocycles. The van der Waals surface area contributed by atoms with Gasteiger partial charge < -0.3 is 4.57 Å². The van der Waals surface area contributed by atoms with Crippen LogP contribution in [0.2, 0.25) is 0 Å². The first-order valence-electron chi connectivity index (χ1n) is 9.22. The van der Waals surface area contributed by atoms with Gasteiger partial charge in [0.1, 0.15) is 0 Å². The lowest BCUT2D eigenvalue weighted by Crippen LogP contribution is -1.89. The van der Waals surface area contributed by atoms with Crippen LogP contribution in [0.5, 0.6) is 0 Å². The van der Waals surface area contributed by atoms with E-state index in [2.05, 4.69) is 103 Å². The summed E-state index contributed by atoms with van der Waals surface area (Å²) in [6, 6.07) is 27.9. The summed E-state index contributed by atoms with van der Waals surface area (Å²) in [6.07, 6.45) is 2.22. The maximum Gasteiger partial charge on any atom is 0.0711 e. The highest BCUT2D eigenvalue weighted by molar-refractivity contribution is 5.99. The fraction of sp³-hybridized carbons (Fsp3) is 0.0800. The summed E-state index contributed by atoms with van der Waals surface area (Å²) in [7, 11) is 2.11. The molecule has 0 fully saturated rings. The Labute approximate surface area is 158 Å². The highest BCUT2D eigenvalue weighted by Crippen LogP contribution is 2.34. The third kappa shape index (κ3) is 2.61. The minimum atomic E-state index is 1.04. The summed E-state index contributed by atoms with van der Waals surface area (Å²) >= 11 is 0. The molecule has 2 heterocycles. The zero-order chi connectivity index (χ0) is 18.4. The van der Waals surface area contributed by atoms with E-state index in [0.717, 1.165) is 11.2 Å². The first-order valence-corrected chi connectivity index (χ1v) is 9.22. The van der Waals surface area contributed by atoms with Crippen LogP contribution in [0, 0.1) is 6.92 Å². The second kappa shape index (κ2) is 6.10. The molecule has 0 saturated carbocycles. The number of benzene rings is 3. The number of rotatable bonds is 2. The van der Waals surface area contributed by atoms with Gasteiger partial charge in [-0.05, 0) is 47.9 Å². The average Bonchev–Trinajstić information content (AvgIpc) is 3.04. The summed E-state index contributed by atoms with van der Waals surface area (Å²) < 4.78 is 2.20. The van der Waals surface area contributed by atoms with Gasteiger partial charge in [-0.3, -0.25) is 4.98 Å². The molecule has 0 spiro atoms. The highest BCUT2D eigenvalue weighted by atomic mass is 14.9. The molecule has 2 nitrogen and oxygen atoms in total. The third-order valence-corrected chi connectivity index (χ3v) is 5.23. The van der Waals surface area contributed by atoms with Crippen LogP contribution in [-0.4, -0.2) is 9.55 Å². The summed E-state index contributed by atoms with van der Waals surface area (Å²) in [5.41, 5.74) is 8.31. The molecule has 5 rings (SSSR count). The van der Waals surface area contributed by atoms with E-state index in [0.29, 0.717) is 0 Å². The first-order chi connectivity index (χ1) is 13.2. The molecular formula is C25H20N2. The molecule has 0 amide bonds. The van der Waals surface area contributed by atoms with Crippen molar-refractivity contribution in [2.45, 2.75) is 6.92 Å². The molecule has 130 valence electrons. The fourth-order valence-corrected chi connectivity index (χ4v) is 3.97. The number of hydrogen-bond acceptors (Lipinski definition) is 1. The quantitative estimate of drug-likeness (QED) is 0.362.